The second kappa shape index (κ2) is 5.43. The Bertz CT molecular complexity index is 880. The number of anilines is 1. The Kier molecular flexibility index (Phi) is 3.57. The first-order chi connectivity index (χ1) is 12.7. The molecule has 1 fully saturated rings. The van der Waals surface area contributed by atoms with Gasteiger partial charge in [0.05, 0.1) is 18.5 Å². The monoisotopic (exact) mass is 378 g/mol. The topological polar surface area (TPSA) is 59.0 Å². The van der Waals surface area contributed by atoms with Crippen molar-refractivity contribution in [3.63, 3.8) is 0 Å². The normalized spacial score (nSPS) is 34.5. The van der Waals surface area contributed by atoms with Gasteiger partial charge in [-0.1, -0.05) is 30.4 Å². The number of esters is 1. The van der Waals surface area contributed by atoms with Gasteiger partial charge in [-0.3, -0.25) is 9.59 Å². The number of hydrogen-bond donors (Lipinski definition) is 0. The van der Waals surface area contributed by atoms with E-state index in [0.29, 0.717) is 5.69 Å². The van der Waals surface area contributed by atoms with Crippen LogP contribution in [0.25, 0.3) is 0 Å². The third-order valence-corrected chi connectivity index (χ3v) is 6.12. The minimum Gasteiger partial charge on any atom is -0.468 e. The first-order valence-electron chi connectivity index (χ1n) is 8.51. The van der Waals surface area contributed by atoms with Crippen LogP contribution < -0.4 is 5.01 Å². The van der Waals surface area contributed by atoms with Gasteiger partial charge in [0.25, 0.3) is 5.91 Å². The van der Waals surface area contributed by atoms with Gasteiger partial charge in [-0.15, -0.1) is 0 Å². The van der Waals surface area contributed by atoms with E-state index in [2.05, 4.69) is 9.84 Å². The van der Waals surface area contributed by atoms with Crippen LogP contribution in [0.3, 0.4) is 0 Å². The number of hydrogen-bond acceptors (Lipinski definition) is 4. The molecule has 3 aliphatic rings. The van der Waals surface area contributed by atoms with E-state index in [-0.39, 0.29) is 12.1 Å². The summed E-state index contributed by atoms with van der Waals surface area (Å²) in [7, 11) is 0.917. The molecule has 1 aromatic carbocycles. The van der Waals surface area contributed by atoms with E-state index in [1.165, 1.54) is 13.0 Å². The summed E-state index contributed by atoms with van der Waals surface area (Å²) < 4.78 is 48.2. The summed E-state index contributed by atoms with van der Waals surface area (Å²) in [5.41, 5.74) is -4.78. The number of rotatable bonds is 2. The van der Waals surface area contributed by atoms with E-state index < -0.39 is 40.7 Å². The minimum absolute atomic E-state index is 0.0177. The van der Waals surface area contributed by atoms with Crippen molar-refractivity contribution in [1.82, 2.24) is 0 Å². The van der Waals surface area contributed by atoms with Crippen LogP contribution in [0.15, 0.2) is 47.6 Å². The second-order valence-corrected chi connectivity index (χ2v) is 7.08. The summed E-state index contributed by atoms with van der Waals surface area (Å²) in [4.78, 5) is 26.1. The number of ether oxygens (including phenoxy) is 1. The van der Waals surface area contributed by atoms with Gasteiger partial charge in [0.15, 0.2) is 5.41 Å². The molecule has 1 heterocycles. The maximum atomic E-state index is 14.5. The fraction of sp³-hybridized carbons (Fsp3) is 0.421. The summed E-state index contributed by atoms with van der Waals surface area (Å²) >= 11 is 0. The van der Waals surface area contributed by atoms with Crippen LogP contribution in [0.4, 0.5) is 18.9 Å². The van der Waals surface area contributed by atoms with Crippen LogP contribution in [0.5, 0.6) is 0 Å². The average Bonchev–Trinajstić information content (AvgIpc) is 3.29. The predicted octanol–water partition coefficient (Wildman–Crippen LogP) is 3.32. The van der Waals surface area contributed by atoms with Gasteiger partial charge >= 0.3 is 12.1 Å². The zero-order valence-corrected chi connectivity index (χ0v) is 14.7. The Hall–Kier alpha value is -2.64. The second-order valence-electron chi connectivity index (χ2n) is 7.08. The van der Waals surface area contributed by atoms with E-state index in [4.69, 9.17) is 0 Å². The summed E-state index contributed by atoms with van der Waals surface area (Å²) in [5.74, 6) is -4.22. The van der Waals surface area contributed by atoms with Crippen molar-refractivity contribution in [2.24, 2.45) is 27.8 Å². The lowest BCUT2D eigenvalue weighted by atomic mass is 9.55. The summed E-state index contributed by atoms with van der Waals surface area (Å²) in [6, 6.07) is 8.23. The molecule has 5 nitrogen and oxygen atoms in total. The molecule has 0 N–H and O–H groups in total. The smallest absolute Gasteiger partial charge is 0.406 e. The van der Waals surface area contributed by atoms with Crippen molar-refractivity contribution < 1.29 is 27.5 Å². The molecule has 1 aromatic rings. The molecule has 4 atom stereocenters. The highest BCUT2D eigenvalue weighted by molar-refractivity contribution is 6.22. The number of hydrazone groups is 1. The molecule has 142 valence electrons. The first-order valence-corrected chi connectivity index (χ1v) is 8.51. The molecule has 2 aliphatic carbocycles. The molecule has 1 spiro atoms. The van der Waals surface area contributed by atoms with Gasteiger partial charge < -0.3 is 4.74 Å². The van der Waals surface area contributed by atoms with E-state index >= 15 is 0 Å². The van der Waals surface area contributed by atoms with Crippen LogP contribution in [0.2, 0.25) is 0 Å². The Morgan fingerprint density at radius 3 is 2.44 bits per heavy atom. The van der Waals surface area contributed by atoms with E-state index in [1.54, 1.807) is 36.4 Å². The highest BCUT2D eigenvalue weighted by Gasteiger charge is 2.86. The van der Waals surface area contributed by atoms with Crippen LogP contribution in [0.1, 0.15) is 13.3 Å². The van der Waals surface area contributed by atoms with E-state index in [1.807, 2.05) is 0 Å². The molecular weight excluding hydrogens is 361 g/mol. The van der Waals surface area contributed by atoms with Gasteiger partial charge in [0, 0.05) is 5.92 Å². The molecule has 1 saturated carbocycles. The third kappa shape index (κ3) is 1.83. The molecule has 0 radical (unpaired) electrons. The molecule has 0 aromatic heterocycles. The molecule has 2 bridgehead atoms. The van der Waals surface area contributed by atoms with Gasteiger partial charge in [-0.25, -0.2) is 0 Å². The van der Waals surface area contributed by atoms with Crippen molar-refractivity contribution in [3.8, 4) is 0 Å². The Balaban J connectivity index is 1.98. The van der Waals surface area contributed by atoms with Crippen molar-refractivity contribution in [3.05, 3.63) is 42.5 Å². The average molecular weight is 378 g/mol. The number of nitrogens with zero attached hydrogens (tertiary/aromatic N) is 2. The molecule has 1 aliphatic heterocycles. The SMILES string of the molecule is COC(=O)[C@]1(C(F)(F)F)[C@H]2C=C[C@@H](C2)[C@]12C(=O)N(c1ccccc1)N=C2C. The van der Waals surface area contributed by atoms with Gasteiger partial charge in [-0.2, -0.15) is 23.3 Å². The first kappa shape index (κ1) is 17.8. The largest absolute Gasteiger partial charge is 0.468 e. The Morgan fingerprint density at radius 2 is 1.85 bits per heavy atom. The molecule has 0 unspecified atom stereocenters. The van der Waals surface area contributed by atoms with Gasteiger partial charge in [0.1, 0.15) is 5.41 Å². The van der Waals surface area contributed by atoms with Crippen molar-refractivity contribution >= 4 is 23.3 Å². The zero-order chi connectivity index (χ0) is 19.6. The maximum absolute atomic E-state index is 14.5. The highest BCUT2D eigenvalue weighted by atomic mass is 19.4. The number of methoxy groups -OCH3 is 1. The maximum Gasteiger partial charge on any atom is 0.406 e. The number of amides is 1. The minimum atomic E-state index is -4.98. The number of carbonyl (C=O) groups excluding carboxylic acids is 2. The Morgan fingerprint density at radius 1 is 1.22 bits per heavy atom. The molecule has 27 heavy (non-hydrogen) atoms. The molecule has 1 amide bonds. The van der Waals surface area contributed by atoms with Gasteiger partial charge in [-0.05, 0) is 31.4 Å². The molecular formula is C19H17F3N2O3. The van der Waals surface area contributed by atoms with Gasteiger partial charge in [0.2, 0.25) is 0 Å². The number of halogens is 3. The lowest BCUT2D eigenvalue weighted by Gasteiger charge is -2.46. The van der Waals surface area contributed by atoms with Crippen LogP contribution in [0, 0.1) is 22.7 Å². The van der Waals surface area contributed by atoms with Crippen LogP contribution in [-0.4, -0.2) is 30.9 Å². The van der Waals surface area contributed by atoms with Crippen molar-refractivity contribution in [1.29, 1.82) is 0 Å². The quantitative estimate of drug-likeness (QED) is 0.586. The highest BCUT2D eigenvalue weighted by Crippen LogP contribution is 2.71. The summed E-state index contributed by atoms with van der Waals surface area (Å²) in [5, 5.41) is 5.16. The number of alkyl halides is 3. The molecule has 8 heteroatoms. The molecule has 4 rings (SSSR count). The molecule has 0 saturated heterocycles. The van der Waals surface area contributed by atoms with Crippen molar-refractivity contribution in [2.45, 2.75) is 19.5 Å². The van der Waals surface area contributed by atoms with E-state index in [0.717, 1.165) is 12.1 Å². The predicted molar refractivity (Wildman–Crippen MR) is 90.7 cm³/mol. The lowest BCUT2D eigenvalue weighted by molar-refractivity contribution is -0.258. The van der Waals surface area contributed by atoms with Crippen LogP contribution in [-0.2, 0) is 14.3 Å². The van der Waals surface area contributed by atoms with Crippen molar-refractivity contribution in [2.75, 3.05) is 12.1 Å². The number of fused-ring (bicyclic) bond motifs is 3. The fourth-order valence-corrected chi connectivity index (χ4v) is 5.17. The summed E-state index contributed by atoms with van der Waals surface area (Å²) in [6.45, 7) is 1.39. The third-order valence-electron chi connectivity index (χ3n) is 6.12. The lowest BCUT2D eigenvalue weighted by Crippen LogP contribution is -2.65. The fourth-order valence-electron chi connectivity index (χ4n) is 5.17. The number of carbonyl (C=O) groups is 2. The Labute approximate surface area is 153 Å². The summed E-state index contributed by atoms with van der Waals surface area (Å²) in [6.07, 6.45) is -1.95. The zero-order valence-electron chi connectivity index (χ0n) is 14.7. The number of allylic oxidation sites excluding steroid dienone is 2. The standard InChI is InChI=1S/C19H17F3N2O3/c1-11-17(15(25)24(23-11)14-6-4-3-5-7-14)12-8-9-13(10-12)18(17,16(26)27-2)19(20,21)22/h3-9,12-13H,10H2,1-2H3/t12-,13-,17+,18+/m0/s1. The van der Waals surface area contributed by atoms with Crippen LogP contribution >= 0.6 is 0 Å². The number of para-hydroxylation sites is 1. The van der Waals surface area contributed by atoms with E-state index in [9.17, 15) is 22.8 Å². The number of benzene rings is 1.